The molecule has 0 unspecified atom stereocenters. The number of rotatable bonds is 3. The van der Waals surface area contributed by atoms with Crippen LogP contribution in [0.25, 0.3) is 0 Å². The largest absolute Gasteiger partial charge is 0.439 e. The fourth-order valence-corrected chi connectivity index (χ4v) is 1.81. The molecule has 2 N–H and O–H groups in total. The third kappa shape index (κ3) is 2.80. The lowest BCUT2D eigenvalue weighted by atomic mass is 10.0. The quantitative estimate of drug-likeness (QED) is 0.888. The van der Waals surface area contributed by atoms with Gasteiger partial charge >= 0.3 is 0 Å². The first-order valence-corrected chi connectivity index (χ1v) is 6.07. The first-order valence-electron chi connectivity index (χ1n) is 6.07. The first-order chi connectivity index (χ1) is 8.56. The molecule has 0 amide bonds. The van der Waals surface area contributed by atoms with Crippen LogP contribution in [0.5, 0.6) is 11.6 Å². The van der Waals surface area contributed by atoms with Crippen LogP contribution in [0.3, 0.4) is 0 Å². The van der Waals surface area contributed by atoms with Crippen molar-refractivity contribution < 1.29 is 4.74 Å². The molecule has 0 aliphatic rings. The standard InChI is InChI=1S/C15H18N2O/c1-10(2)12-8-7-11(3)9-13(12)18-15-6-4-5-14(16)17-15/h4-10H,1-3H3,(H2,16,17). The Bertz CT molecular complexity index is 550. The van der Waals surface area contributed by atoms with Gasteiger partial charge in [0.15, 0.2) is 0 Å². The lowest BCUT2D eigenvalue weighted by Crippen LogP contribution is -1.97. The second-order valence-electron chi connectivity index (χ2n) is 4.70. The third-order valence-corrected chi connectivity index (χ3v) is 2.75. The molecule has 0 bridgehead atoms. The van der Waals surface area contributed by atoms with E-state index in [1.807, 2.05) is 25.1 Å². The molecule has 2 aromatic rings. The predicted octanol–water partition coefficient (Wildman–Crippen LogP) is 3.89. The smallest absolute Gasteiger partial charge is 0.221 e. The third-order valence-electron chi connectivity index (χ3n) is 2.75. The van der Waals surface area contributed by atoms with Crippen LogP contribution < -0.4 is 10.5 Å². The Kier molecular flexibility index (Phi) is 3.51. The van der Waals surface area contributed by atoms with E-state index < -0.39 is 0 Å². The molecule has 1 aromatic carbocycles. The molecule has 0 aliphatic carbocycles. The van der Waals surface area contributed by atoms with Gasteiger partial charge in [0.2, 0.25) is 5.88 Å². The van der Waals surface area contributed by atoms with E-state index in [0.717, 1.165) is 5.75 Å². The number of anilines is 1. The number of hydrogen-bond acceptors (Lipinski definition) is 3. The highest BCUT2D eigenvalue weighted by molar-refractivity contribution is 5.42. The van der Waals surface area contributed by atoms with Crippen LogP contribution in [0.1, 0.15) is 30.9 Å². The Labute approximate surface area is 108 Å². The van der Waals surface area contributed by atoms with E-state index in [4.69, 9.17) is 10.5 Å². The van der Waals surface area contributed by atoms with Crippen molar-refractivity contribution in [2.45, 2.75) is 26.7 Å². The molecule has 0 spiro atoms. The molecule has 94 valence electrons. The summed E-state index contributed by atoms with van der Waals surface area (Å²) < 4.78 is 5.84. The summed E-state index contributed by atoms with van der Waals surface area (Å²) in [5.41, 5.74) is 7.99. The van der Waals surface area contributed by atoms with Gasteiger partial charge in [-0.25, -0.2) is 0 Å². The van der Waals surface area contributed by atoms with Gasteiger partial charge in [0.25, 0.3) is 0 Å². The fraction of sp³-hybridized carbons (Fsp3) is 0.267. The lowest BCUT2D eigenvalue weighted by Gasteiger charge is -2.14. The predicted molar refractivity (Wildman–Crippen MR) is 74.0 cm³/mol. The number of ether oxygens (including phenoxy) is 1. The number of pyridine rings is 1. The summed E-state index contributed by atoms with van der Waals surface area (Å²) in [5, 5.41) is 0. The molecule has 1 heterocycles. The summed E-state index contributed by atoms with van der Waals surface area (Å²) in [4.78, 5) is 4.15. The molecule has 0 atom stereocenters. The van der Waals surface area contributed by atoms with Crippen molar-refractivity contribution >= 4 is 5.82 Å². The molecule has 3 nitrogen and oxygen atoms in total. The Hall–Kier alpha value is -2.03. The monoisotopic (exact) mass is 242 g/mol. The summed E-state index contributed by atoms with van der Waals surface area (Å²) in [6.07, 6.45) is 0. The van der Waals surface area contributed by atoms with E-state index in [9.17, 15) is 0 Å². The molecule has 0 saturated carbocycles. The van der Waals surface area contributed by atoms with Crippen molar-refractivity contribution in [3.8, 4) is 11.6 Å². The molecule has 0 radical (unpaired) electrons. The highest BCUT2D eigenvalue weighted by Gasteiger charge is 2.09. The summed E-state index contributed by atoms with van der Waals surface area (Å²) in [6.45, 7) is 6.33. The van der Waals surface area contributed by atoms with E-state index in [0.29, 0.717) is 17.6 Å². The van der Waals surface area contributed by atoms with Crippen LogP contribution in [0.2, 0.25) is 0 Å². The zero-order valence-corrected chi connectivity index (χ0v) is 11.0. The molecule has 0 fully saturated rings. The highest BCUT2D eigenvalue weighted by atomic mass is 16.5. The number of benzene rings is 1. The van der Waals surface area contributed by atoms with Crippen molar-refractivity contribution in [1.29, 1.82) is 0 Å². The van der Waals surface area contributed by atoms with Crippen molar-refractivity contribution in [2.24, 2.45) is 0 Å². The van der Waals surface area contributed by atoms with Gasteiger partial charge in [-0.15, -0.1) is 0 Å². The molecule has 2 rings (SSSR count). The summed E-state index contributed by atoms with van der Waals surface area (Å²) in [7, 11) is 0. The summed E-state index contributed by atoms with van der Waals surface area (Å²) in [5.74, 6) is 2.25. The minimum absolute atomic E-state index is 0.404. The number of nitrogens with zero attached hydrogens (tertiary/aromatic N) is 1. The summed E-state index contributed by atoms with van der Waals surface area (Å²) in [6, 6.07) is 11.6. The van der Waals surface area contributed by atoms with Crippen LogP contribution in [0.4, 0.5) is 5.82 Å². The zero-order valence-electron chi connectivity index (χ0n) is 11.0. The molecule has 18 heavy (non-hydrogen) atoms. The van der Waals surface area contributed by atoms with Gasteiger partial charge in [0.1, 0.15) is 11.6 Å². The second-order valence-corrected chi connectivity index (χ2v) is 4.70. The van der Waals surface area contributed by atoms with E-state index in [2.05, 4.69) is 31.0 Å². The van der Waals surface area contributed by atoms with Crippen LogP contribution in [-0.2, 0) is 0 Å². The number of aryl methyl sites for hydroxylation is 1. The van der Waals surface area contributed by atoms with Crippen LogP contribution in [0.15, 0.2) is 36.4 Å². The molecule has 0 aliphatic heterocycles. The van der Waals surface area contributed by atoms with Gasteiger partial charge in [-0.1, -0.05) is 32.0 Å². The molecular weight excluding hydrogens is 224 g/mol. The van der Waals surface area contributed by atoms with Crippen LogP contribution in [-0.4, -0.2) is 4.98 Å². The van der Waals surface area contributed by atoms with Gasteiger partial charge in [-0.3, -0.25) is 0 Å². The minimum Gasteiger partial charge on any atom is -0.439 e. The number of hydrogen-bond donors (Lipinski definition) is 1. The Morgan fingerprint density at radius 1 is 1.17 bits per heavy atom. The fourth-order valence-electron chi connectivity index (χ4n) is 1.81. The van der Waals surface area contributed by atoms with Crippen molar-refractivity contribution in [1.82, 2.24) is 4.98 Å². The first kappa shape index (κ1) is 12.4. The van der Waals surface area contributed by atoms with E-state index in [1.165, 1.54) is 11.1 Å². The van der Waals surface area contributed by atoms with Gasteiger partial charge < -0.3 is 10.5 Å². The average molecular weight is 242 g/mol. The Balaban J connectivity index is 2.36. The van der Waals surface area contributed by atoms with Gasteiger partial charge in [0.05, 0.1) is 0 Å². The van der Waals surface area contributed by atoms with Gasteiger partial charge in [-0.2, -0.15) is 4.98 Å². The molecule has 3 heteroatoms. The van der Waals surface area contributed by atoms with Gasteiger partial charge in [0, 0.05) is 6.07 Å². The summed E-state index contributed by atoms with van der Waals surface area (Å²) >= 11 is 0. The van der Waals surface area contributed by atoms with Crippen LogP contribution >= 0.6 is 0 Å². The maximum atomic E-state index is 5.84. The lowest BCUT2D eigenvalue weighted by molar-refractivity contribution is 0.455. The van der Waals surface area contributed by atoms with E-state index in [1.54, 1.807) is 6.07 Å². The molecule has 1 aromatic heterocycles. The maximum Gasteiger partial charge on any atom is 0.221 e. The van der Waals surface area contributed by atoms with Crippen molar-refractivity contribution in [2.75, 3.05) is 5.73 Å². The average Bonchev–Trinajstić information content (AvgIpc) is 2.28. The Morgan fingerprint density at radius 2 is 1.94 bits per heavy atom. The topological polar surface area (TPSA) is 48.1 Å². The molecule has 0 saturated heterocycles. The minimum atomic E-state index is 0.404. The molecular formula is C15H18N2O. The second kappa shape index (κ2) is 5.08. The van der Waals surface area contributed by atoms with Crippen LogP contribution in [0, 0.1) is 6.92 Å². The highest BCUT2D eigenvalue weighted by Crippen LogP contribution is 2.30. The van der Waals surface area contributed by atoms with E-state index in [-0.39, 0.29) is 0 Å². The maximum absolute atomic E-state index is 5.84. The van der Waals surface area contributed by atoms with E-state index >= 15 is 0 Å². The number of nitrogens with two attached hydrogens (primary N) is 1. The number of nitrogen functional groups attached to an aromatic ring is 1. The van der Waals surface area contributed by atoms with Crippen molar-refractivity contribution in [3.05, 3.63) is 47.5 Å². The number of aromatic nitrogens is 1. The normalized spacial score (nSPS) is 10.7. The Morgan fingerprint density at radius 3 is 2.61 bits per heavy atom. The van der Waals surface area contributed by atoms with Crippen molar-refractivity contribution in [3.63, 3.8) is 0 Å². The SMILES string of the molecule is Cc1ccc(C(C)C)c(Oc2cccc(N)n2)c1. The van der Waals surface area contributed by atoms with Gasteiger partial charge in [-0.05, 0) is 36.1 Å². The zero-order chi connectivity index (χ0) is 13.1.